The number of isocyanates is 1. The van der Waals surface area contributed by atoms with E-state index >= 15 is 0 Å². The maximum Gasteiger partial charge on any atom is 0.236 e. The van der Waals surface area contributed by atoms with Gasteiger partial charge in [0.15, 0.2) is 5.54 Å². The predicted molar refractivity (Wildman–Crippen MR) is 43.2 cm³/mol. The Morgan fingerprint density at radius 3 is 2.75 bits per heavy atom. The molecular weight excluding hydrogens is 154 g/mol. The SMILES string of the molecule is CC1CC(C#N)(N=C=O)CN1C. The molecule has 0 radical (unpaired) electrons. The van der Waals surface area contributed by atoms with Crippen LogP contribution in [-0.2, 0) is 4.79 Å². The first-order valence-electron chi connectivity index (χ1n) is 3.84. The van der Waals surface area contributed by atoms with Crippen LogP contribution < -0.4 is 0 Å². The van der Waals surface area contributed by atoms with Crippen molar-refractivity contribution in [1.29, 1.82) is 5.26 Å². The molecular formula is C8H11N3O. The van der Waals surface area contributed by atoms with E-state index in [4.69, 9.17) is 5.26 Å². The second-order valence-electron chi connectivity index (χ2n) is 3.31. The Hall–Kier alpha value is -1.17. The van der Waals surface area contributed by atoms with E-state index in [2.05, 4.69) is 11.1 Å². The average Bonchev–Trinajstić information content (AvgIpc) is 2.30. The molecule has 0 bridgehead atoms. The smallest absolute Gasteiger partial charge is 0.236 e. The molecule has 0 aliphatic carbocycles. The number of carbonyl (C=O) groups excluding carboxylic acids is 1. The first-order chi connectivity index (χ1) is 5.63. The van der Waals surface area contributed by atoms with Crippen LogP contribution in [-0.4, -0.2) is 36.2 Å². The van der Waals surface area contributed by atoms with Gasteiger partial charge in [0.1, 0.15) is 0 Å². The van der Waals surface area contributed by atoms with Gasteiger partial charge in [0.25, 0.3) is 0 Å². The topological polar surface area (TPSA) is 56.5 Å². The lowest BCUT2D eigenvalue weighted by atomic mass is 10.00. The third-order valence-electron chi connectivity index (χ3n) is 2.36. The quantitative estimate of drug-likeness (QED) is 0.415. The summed E-state index contributed by atoms with van der Waals surface area (Å²) < 4.78 is 0. The summed E-state index contributed by atoms with van der Waals surface area (Å²) in [4.78, 5) is 15.7. The van der Waals surface area contributed by atoms with Gasteiger partial charge in [0.2, 0.25) is 6.08 Å². The summed E-state index contributed by atoms with van der Waals surface area (Å²) in [5.41, 5.74) is -0.837. The number of nitriles is 1. The van der Waals surface area contributed by atoms with Crippen molar-refractivity contribution >= 4 is 6.08 Å². The number of likely N-dealkylation sites (tertiary alicyclic amines) is 1. The van der Waals surface area contributed by atoms with Gasteiger partial charge in [-0.2, -0.15) is 10.3 Å². The van der Waals surface area contributed by atoms with Crippen LogP contribution in [0.15, 0.2) is 4.99 Å². The first kappa shape index (κ1) is 8.92. The lowest BCUT2D eigenvalue weighted by Gasteiger charge is -2.12. The molecule has 0 saturated carbocycles. The molecule has 2 unspecified atom stereocenters. The van der Waals surface area contributed by atoms with Gasteiger partial charge in [-0.05, 0) is 14.0 Å². The van der Waals surface area contributed by atoms with Crippen LogP contribution in [0.5, 0.6) is 0 Å². The highest BCUT2D eigenvalue weighted by Crippen LogP contribution is 2.27. The van der Waals surface area contributed by atoms with E-state index < -0.39 is 5.54 Å². The van der Waals surface area contributed by atoms with Crippen LogP contribution in [0, 0.1) is 11.3 Å². The minimum atomic E-state index is -0.837. The van der Waals surface area contributed by atoms with Crippen LogP contribution in [0.1, 0.15) is 13.3 Å². The minimum Gasteiger partial charge on any atom is -0.300 e. The third kappa shape index (κ3) is 1.38. The molecule has 0 N–H and O–H groups in total. The Morgan fingerprint density at radius 1 is 1.75 bits per heavy atom. The van der Waals surface area contributed by atoms with E-state index in [9.17, 15) is 4.79 Å². The molecule has 1 aliphatic rings. The molecule has 2 atom stereocenters. The number of nitrogens with zero attached hydrogens (tertiary/aromatic N) is 3. The summed E-state index contributed by atoms with van der Waals surface area (Å²) in [5, 5.41) is 8.83. The molecule has 1 fully saturated rings. The molecule has 12 heavy (non-hydrogen) atoms. The number of aliphatic imine (C=N–C) groups is 1. The minimum absolute atomic E-state index is 0.307. The highest BCUT2D eigenvalue weighted by Gasteiger charge is 2.41. The first-order valence-corrected chi connectivity index (χ1v) is 3.84. The van der Waals surface area contributed by atoms with Gasteiger partial charge in [-0.25, -0.2) is 4.79 Å². The average molecular weight is 165 g/mol. The van der Waals surface area contributed by atoms with E-state index in [1.807, 2.05) is 18.9 Å². The molecule has 0 aromatic rings. The van der Waals surface area contributed by atoms with E-state index in [1.54, 1.807) is 0 Å². The molecule has 0 amide bonds. The van der Waals surface area contributed by atoms with Crippen molar-refractivity contribution in [2.24, 2.45) is 4.99 Å². The molecule has 1 aliphatic heterocycles. The van der Waals surface area contributed by atoms with Crippen molar-refractivity contribution in [2.45, 2.75) is 24.9 Å². The van der Waals surface area contributed by atoms with E-state index in [0.29, 0.717) is 19.0 Å². The summed E-state index contributed by atoms with van der Waals surface area (Å²) in [5.74, 6) is 0. The molecule has 64 valence electrons. The van der Waals surface area contributed by atoms with Crippen molar-refractivity contribution in [2.75, 3.05) is 13.6 Å². The molecule has 1 heterocycles. The second kappa shape index (κ2) is 3.06. The fourth-order valence-corrected chi connectivity index (χ4v) is 1.55. The monoisotopic (exact) mass is 165 g/mol. The van der Waals surface area contributed by atoms with Gasteiger partial charge >= 0.3 is 0 Å². The van der Waals surface area contributed by atoms with Crippen molar-refractivity contribution in [1.82, 2.24) is 4.90 Å². The van der Waals surface area contributed by atoms with Crippen molar-refractivity contribution in [3.05, 3.63) is 0 Å². The van der Waals surface area contributed by atoms with Gasteiger partial charge in [-0.1, -0.05) is 0 Å². The molecule has 0 spiro atoms. The summed E-state index contributed by atoms with van der Waals surface area (Å²) >= 11 is 0. The number of rotatable bonds is 1. The Kier molecular flexibility index (Phi) is 2.27. The second-order valence-corrected chi connectivity index (χ2v) is 3.31. The van der Waals surface area contributed by atoms with Crippen LogP contribution in [0.2, 0.25) is 0 Å². The lowest BCUT2D eigenvalue weighted by Crippen LogP contribution is -2.28. The van der Waals surface area contributed by atoms with Crippen LogP contribution in [0.3, 0.4) is 0 Å². The Labute approximate surface area is 71.5 Å². The van der Waals surface area contributed by atoms with Gasteiger partial charge < -0.3 is 4.90 Å². The maximum absolute atomic E-state index is 10.1. The van der Waals surface area contributed by atoms with Gasteiger partial charge in [-0.3, -0.25) is 0 Å². The predicted octanol–water partition coefficient (Wildman–Crippen LogP) is 0.309. The summed E-state index contributed by atoms with van der Waals surface area (Å²) in [6.45, 7) is 2.54. The van der Waals surface area contributed by atoms with E-state index in [-0.39, 0.29) is 0 Å². The van der Waals surface area contributed by atoms with Crippen molar-refractivity contribution in [3.63, 3.8) is 0 Å². The van der Waals surface area contributed by atoms with Crippen LogP contribution >= 0.6 is 0 Å². The Bertz CT molecular complexity index is 252. The number of likely N-dealkylation sites (N-methyl/N-ethyl adjacent to an activating group) is 1. The molecule has 1 rings (SSSR count). The largest absolute Gasteiger partial charge is 0.300 e. The summed E-state index contributed by atoms with van der Waals surface area (Å²) in [6.07, 6.45) is 2.09. The highest BCUT2D eigenvalue weighted by molar-refractivity contribution is 5.38. The van der Waals surface area contributed by atoms with Crippen molar-refractivity contribution < 1.29 is 4.79 Å². The van der Waals surface area contributed by atoms with Crippen molar-refractivity contribution in [3.8, 4) is 6.07 Å². The standard InChI is InChI=1S/C8H11N3O/c1-7-3-8(4-9,10-6-12)5-11(7)2/h7H,3,5H2,1-2H3. The van der Waals surface area contributed by atoms with E-state index in [0.717, 1.165) is 0 Å². The Morgan fingerprint density at radius 2 is 2.42 bits per heavy atom. The zero-order chi connectivity index (χ0) is 9.19. The lowest BCUT2D eigenvalue weighted by molar-refractivity contribution is 0.326. The fourth-order valence-electron chi connectivity index (χ4n) is 1.55. The molecule has 0 aromatic heterocycles. The van der Waals surface area contributed by atoms with Gasteiger partial charge in [0.05, 0.1) is 6.07 Å². The number of hydrogen-bond donors (Lipinski definition) is 0. The summed E-state index contributed by atoms with van der Waals surface area (Å²) in [6, 6.07) is 2.38. The molecule has 4 nitrogen and oxygen atoms in total. The zero-order valence-corrected chi connectivity index (χ0v) is 7.24. The van der Waals surface area contributed by atoms with Crippen LogP contribution in [0.4, 0.5) is 0 Å². The number of hydrogen-bond acceptors (Lipinski definition) is 4. The third-order valence-corrected chi connectivity index (χ3v) is 2.36. The Balaban J connectivity index is 2.87. The summed E-state index contributed by atoms with van der Waals surface area (Å²) in [7, 11) is 1.92. The van der Waals surface area contributed by atoms with E-state index in [1.165, 1.54) is 6.08 Å². The molecule has 4 heteroatoms. The highest BCUT2D eigenvalue weighted by atomic mass is 16.1. The normalized spacial score (nSPS) is 35.6. The fraction of sp³-hybridized carbons (Fsp3) is 0.750. The zero-order valence-electron chi connectivity index (χ0n) is 7.24. The van der Waals surface area contributed by atoms with Gasteiger partial charge in [-0.15, -0.1) is 0 Å². The van der Waals surface area contributed by atoms with Crippen LogP contribution in [0.25, 0.3) is 0 Å². The van der Waals surface area contributed by atoms with Gasteiger partial charge in [0, 0.05) is 19.0 Å². The molecule has 1 saturated heterocycles. The maximum atomic E-state index is 10.1. The molecule has 0 aromatic carbocycles.